The first-order valence-electron chi connectivity index (χ1n) is 13.9. The van der Waals surface area contributed by atoms with Crippen LogP contribution in [0.5, 0.6) is 0 Å². The number of benzene rings is 1. The molecule has 1 fully saturated rings. The van der Waals surface area contributed by atoms with E-state index in [9.17, 15) is 9.90 Å². The van der Waals surface area contributed by atoms with E-state index in [1.165, 1.54) is 55.2 Å². The van der Waals surface area contributed by atoms with Crippen molar-refractivity contribution in [1.82, 2.24) is 0 Å². The maximum absolute atomic E-state index is 11.7. The normalized spacial score (nSPS) is 19.6. The van der Waals surface area contributed by atoms with Crippen molar-refractivity contribution >= 4 is 12.0 Å². The van der Waals surface area contributed by atoms with Crippen LogP contribution in [0.15, 0.2) is 54.1 Å². The fraction of sp³-hybridized carbons (Fsp3) is 0.594. The Morgan fingerprint density at radius 2 is 1.83 bits per heavy atom. The molecule has 2 rings (SSSR count). The van der Waals surface area contributed by atoms with Gasteiger partial charge in [0, 0.05) is 12.2 Å². The molecular weight excluding hydrogens is 432 g/mol. The number of ether oxygens (including phenoxy) is 1. The summed E-state index contributed by atoms with van der Waals surface area (Å²) in [7, 11) is 0. The molecule has 0 saturated heterocycles. The molecule has 1 unspecified atom stereocenters. The molecule has 1 aliphatic carbocycles. The van der Waals surface area contributed by atoms with Crippen molar-refractivity contribution in [2.24, 2.45) is 17.8 Å². The van der Waals surface area contributed by atoms with Crippen molar-refractivity contribution in [2.45, 2.75) is 91.4 Å². The van der Waals surface area contributed by atoms with E-state index < -0.39 is 0 Å². The SMILES string of the molecule is C=C(C)C(=O)OCCC(CCO)CC1CCC(C(=C/CCC)/C=C/c2ccc(CCC)cc2)CC1. The van der Waals surface area contributed by atoms with Gasteiger partial charge in [-0.15, -0.1) is 0 Å². The summed E-state index contributed by atoms with van der Waals surface area (Å²) in [6.45, 7) is 10.4. The molecule has 35 heavy (non-hydrogen) atoms. The lowest BCUT2D eigenvalue weighted by molar-refractivity contribution is -0.139. The monoisotopic (exact) mass is 480 g/mol. The van der Waals surface area contributed by atoms with Gasteiger partial charge in [0.1, 0.15) is 0 Å². The first kappa shape index (κ1) is 29.1. The Morgan fingerprint density at radius 1 is 1.11 bits per heavy atom. The number of unbranched alkanes of at least 4 members (excludes halogenated alkanes) is 1. The highest BCUT2D eigenvalue weighted by Crippen LogP contribution is 2.38. The highest BCUT2D eigenvalue weighted by atomic mass is 16.5. The van der Waals surface area contributed by atoms with Crippen molar-refractivity contribution in [3.8, 4) is 0 Å². The standard InChI is InChI=1S/C32H48O3/c1-5-7-9-30(17-14-27-12-10-26(8-6-2)11-13-27)31-18-15-28(16-19-31)24-29(20-22-33)21-23-35-32(34)25(3)4/h9-14,17,28-29,31,33H,3,5-8,15-16,18-24H2,1-2,4H3/b17-14+,30-9+. The minimum Gasteiger partial charge on any atom is -0.462 e. The first-order valence-corrected chi connectivity index (χ1v) is 13.9. The van der Waals surface area contributed by atoms with Crippen LogP contribution in [0.1, 0.15) is 96.1 Å². The van der Waals surface area contributed by atoms with Crippen molar-refractivity contribution in [3.63, 3.8) is 0 Å². The Morgan fingerprint density at radius 3 is 2.43 bits per heavy atom. The largest absolute Gasteiger partial charge is 0.462 e. The zero-order valence-electron chi connectivity index (χ0n) is 22.4. The molecule has 0 amide bonds. The number of esters is 1. The van der Waals surface area contributed by atoms with Gasteiger partial charge in [-0.1, -0.05) is 75.8 Å². The smallest absolute Gasteiger partial charge is 0.333 e. The van der Waals surface area contributed by atoms with Crippen molar-refractivity contribution in [2.75, 3.05) is 13.2 Å². The van der Waals surface area contributed by atoms with Gasteiger partial charge in [0.2, 0.25) is 0 Å². The fourth-order valence-electron chi connectivity index (χ4n) is 5.17. The van der Waals surface area contributed by atoms with Crippen LogP contribution in [-0.2, 0) is 16.0 Å². The molecule has 1 saturated carbocycles. The summed E-state index contributed by atoms with van der Waals surface area (Å²) in [6.07, 6.45) is 19.4. The van der Waals surface area contributed by atoms with Crippen LogP contribution >= 0.6 is 0 Å². The molecule has 3 nitrogen and oxygen atoms in total. The van der Waals surface area contributed by atoms with Crippen LogP contribution < -0.4 is 0 Å². The second-order valence-electron chi connectivity index (χ2n) is 10.4. The van der Waals surface area contributed by atoms with Gasteiger partial charge in [0.15, 0.2) is 0 Å². The lowest BCUT2D eigenvalue weighted by atomic mass is 9.74. The average molecular weight is 481 g/mol. The van der Waals surface area contributed by atoms with E-state index in [1.807, 2.05) is 0 Å². The van der Waals surface area contributed by atoms with Gasteiger partial charge in [-0.05, 0) is 99.2 Å². The van der Waals surface area contributed by atoms with Crippen LogP contribution in [0.2, 0.25) is 0 Å². The highest BCUT2D eigenvalue weighted by Gasteiger charge is 2.25. The van der Waals surface area contributed by atoms with Crippen LogP contribution in [0.4, 0.5) is 0 Å². The van der Waals surface area contributed by atoms with Gasteiger partial charge < -0.3 is 9.84 Å². The molecule has 3 heteroatoms. The molecule has 1 aromatic rings. The summed E-state index contributed by atoms with van der Waals surface area (Å²) in [5.41, 5.74) is 4.64. The van der Waals surface area contributed by atoms with Gasteiger partial charge >= 0.3 is 5.97 Å². The van der Waals surface area contributed by atoms with E-state index in [1.54, 1.807) is 6.92 Å². The third-order valence-corrected chi connectivity index (χ3v) is 7.29. The van der Waals surface area contributed by atoms with E-state index in [0.29, 0.717) is 29.9 Å². The number of aryl methyl sites for hydroxylation is 1. The van der Waals surface area contributed by atoms with Crippen molar-refractivity contribution in [1.29, 1.82) is 0 Å². The fourth-order valence-corrected chi connectivity index (χ4v) is 5.17. The predicted molar refractivity (Wildman–Crippen MR) is 148 cm³/mol. The molecule has 0 bridgehead atoms. The van der Waals surface area contributed by atoms with E-state index in [-0.39, 0.29) is 12.6 Å². The average Bonchev–Trinajstić information content (AvgIpc) is 2.86. The molecule has 0 aliphatic heterocycles. The Hall–Kier alpha value is -2.13. The predicted octanol–water partition coefficient (Wildman–Crippen LogP) is 8.08. The minimum atomic E-state index is -0.315. The molecule has 0 aromatic heterocycles. The minimum absolute atomic E-state index is 0.197. The van der Waals surface area contributed by atoms with Crippen LogP contribution in [-0.4, -0.2) is 24.3 Å². The summed E-state index contributed by atoms with van der Waals surface area (Å²) >= 11 is 0. The molecule has 1 aliphatic rings. The molecule has 1 N–H and O–H groups in total. The Bertz CT molecular complexity index is 810. The van der Waals surface area contributed by atoms with E-state index >= 15 is 0 Å². The molecule has 0 heterocycles. The van der Waals surface area contributed by atoms with E-state index in [2.05, 4.69) is 62.9 Å². The summed E-state index contributed by atoms with van der Waals surface area (Å²) in [6, 6.07) is 8.99. The van der Waals surface area contributed by atoms with Crippen LogP contribution in [0.25, 0.3) is 6.08 Å². The van der Waals surface area contributed by atoms with E-state index in [4.69, 9.17) is 4.74 Å². The topological polar surface area (TPSA) is 46.5 Å². The number of hydrogen-bond acceptors (Lipinski definition) is 3. The third-order valence-electron chi connectivity index (χ3n) is 7.29. The lowest BCUT2D eigenvalue weighted by Gasteiger charge is -2.31. The maximum Gasteiger partial charge on any atom is 0.333 e. The number of carbonyl (C=O) groups excluding carboxylic acids is 1. The molecule has 0 radical (unpaired) electrons. The number of allylic oxidation sites excluding steroid dienone is 3. The molecule has 1 atom stereocenters. The van der Waals surface area contributed by atoms with Crippen molar-refractivity contribution < 1.29 is 14.6 Å². The zero-order valence-corrected chi connectivity index (χ0v) is 22.4. The molecule has 1 aromatic carbocycles. The van der Waals surface area contributed by atoms with Gasteiger partial charge in [-0.25, -0.2) is 4.79 Å². The van der Waals surface area contributed by atoms with Crippen LogP contribution in [0, 0.1) is 17.8 Å². The first-order chi connectivity index (χ1) is 17.0. The van der Waals surface area contributed by atoms with Crippen LogP contribution in [0.3, 0.4) is 0 Å². The zero-order chi connectivity index (χ0) is 25.5. The van der Waals surface area contributed by atoms with Gasteiger partial charge in [0.25, 0.3) is 0 Å². The summed E-state index contributed by atoms with van der Waals surface area (Å²) in [4.78, 5) is 11.7. The maximum atomic E-state index is 11.7. The Labute approximate surface area is 214 Å². The highest BCUT2D eigenvalue weighted by molar-refractivity contribution is 5.86. The number of hydrogen-bond donors (Lipinski definition) is 1. The number of aliphatic hydroxyl groups excluding tert-OH is 1. The summed E-state index contributed by atoms with van der Waals surface area (Å²) in [5, 5.41) is 9.52. The molecule has 194 valence electrons. The Balaban J connectivity index is 1.90. The van der Waals surface area contributed by atoms with Gasteiger partial charge in [-0.2, -0.15) is 0 Å². The lowest BCUT2D eigenvalue weighted by Crippen LogP contribution is -2.20. The van der Waals surface area contributed by atoms with Gasteiger partial charge in [-0.3, -0.25) is 0 Å². The third kappa shape index (κ3) is 11.0. The second-order valence-corrected chi connectivity index (χ2v) is 10.4. The molecular formula is C32H48O3. The molecule has 0 spiro atoms. The number of rotatable bonds is 15. The number of carbonyl (C=O) groups is 1. The number of aliphatic hydroxyl groups is 1. The van der Waals surface area contributed by atoms with E-state index in [0.717, 1.165) is 32.1 Å². The van der Waals surface area contributed by atoms with Crippen molar-refractivity contribution in [3.05, 3.63) is 65.3 Å². The summed E-state index contributed by atoms with van der Waals surface area (Å²) < 4.78 is 5.30. The quantitative estimate of drug-likeness (QED) is 0.157. The summed E-state index contributed by atoms with van der Waals surface area (Å²) in [5.74, 6) is 1.43. The second kappa shape index (κ2) is 16.5. The Kier molecular flexibility index (Phi) is 13.7. The van der Waals surface area contributed by atoms with Gasteiger partial charge in [0.05, 0.1) is 6.61 Å².